The lowest BCUT2D eigenvalue weighted by Gasteiger charge is -2.36. The molecule has 1 aromatic heterocycles. The Kier molecular flexibility index (Phi) is 5.85. The molecule has 0 amide bonds. The summed E-state index contributed by atoms with van der Waals surface area (Å²) in [4.78, 5) is 18.4. The summed E-state index contributed by atoms with van der Waals surface area (Å²) in [6, 6.07) is 14.3. The predicted octanol–water partition coefficient (Wildman–Crippen LogP) is 1.77. The highest BCUT2D eigenvalue weighted by Crippen LogP contribution is 2.20. The summed E-state index contributed by atoms with van der Waals surface area (Å²) in [5, 5.41) is 0.654. The van der Waals surface area contributed by atoms with Crippen molar-refractivity contribution in [3.63, 3.8) is 0 Å². The molecular weight excluding hydrogens is 407 g/mol. The second-order valence-corrected chi connectivity index (χ2v) is 9.02. The third kappa shape index (κ3) is 4.53. The van der Waals surface area contributed by atoms with Gasteiger partial charge in [0.05, 0.1) is 10.6 Å². The number of aromatic nitrogens is 1. The molecule has 4 rings (SSSR count). The maximum absolute atomic E-state index is 13.9. The molecule has 0 spiro atoms. The van der Waals surface area contributed by atoms with E-state index < -0.39 is 10.0 Å². The Morgan fingerprint density at radius 3 is 2.53 bits per heavy atom. The standard InChI is InChI=1S/C21H23FN4O3S/c22-18-3-1-2-4-20(18)26-13-11-25(12-14-26)10-9-23-30(28,29)17-6-7-19-16(15-17)5-8-21(27)24-19/h1-8,15,23H,9-14H2,(H,24,27). The molecule has 0 aliphatic carbocycles. The van der Waals surface area contributed by atoms with Crippen molar-refractivity contribution >= 4 is 26.6 Å². The van der Waals surface area contributed by atoms with Gasteiger partial charge in [0.1, 0.15) is 5.82 Å². The van der Waals surface area contributed by atoms with Crippen molar-refractivity contribution in [1.29, 1.82) is 0 Å². The minimum absolute atomic E-state index is 0.159. The SMILES string of the molecule is O=c1ccc2cc(S(=O)(=O)NCCN3CCN(c4ccccc4F)CC3)ccc2[nH]1. The van der Waals surface area contributed by atoms with E-state index in [-0.39, 0.29) is 22.8 Å². The lowest BCUT2D eigenvalue weighted by Crippen LogP contribution is -2.48. The van der Waals surface area contributed by atoms with E-state index in [1.807, 2.05) is 11.0 Å². The molecular formula is C21H23FN4O3S. The molecule has 0 radical (unpaired) electrons. The Morgan fingerprint density at radius 2 is 1.77 bits per heavy atom. The summed E-state index contributed by atoms with van der Waals surface area (Å²) in [7, 11) is -3.65. The summed E-state index contributed by atoms with van der Waals surface area (Å²) in [5.41, 5.74) is 0.969. The number of nitrogens with zero attached hydrogens (tertiary/aromatic N) is 2. The number of fused-ring (bicyclic) bond motifs is 1. The Labute approximate surface area is 174 Å². The number of aromatic amines is 1. The number of H-pyrrole nitrogens is 1. The molecule has 3 aromatic rings. The van der Waals surface area contributed by atoms with Gasteiger partial charge in [-0.15, -0.1) is 0 Å². The fraction of sp³-hybridized carbons (Fsp3) is 0.286. The first kappa shape index (κ1) is 20.5. The van der Waals surface area contributed by atoms with E-state index in [4.69, 9.17) is 0 Å². The highest BCUT2D eigenvalue weighted by Gasteiger charge is 2.20. The van der Waals surface area contributed by atoms with E-state index in [9.17, 15) is 17.6 Å². The van der Waals surface area contributed by atoms with Gasteiger partial charge in [0, 0.05) is 50.9 Å². The number of rotatable bonds is 6. The number of benzene rings is 2. The molecule has 0 atom stereocenters. The molecule has 2 aromatic carbocycles. The minimum atomic E-state index is -3.65. The quantitative estimate of drug-likeness (QED) is 0.623. The van der Waals surface area contributed by atoms with E-state index >= 15 is 0 Å². The molecule has 1 fully saturated rings. The molecule has 7 nitrogen and oxygen atoms in total. The van der Waals surface area contributed by atoms with Crippen molar-refractivity contribution in [3.05, 3.63) is 70.8 Å². The number of anilines is 1. The van der Waals surface area contributed by atoms with Gasteiger partial charge < -0.3 is 9.88 Å². The molecule has 0 bridgehead atoms. The van der Waals surface area contributed by atoms with Gasteiger partial charge in [-0.3, -0.25) is 9.69 Å². The lowest BCUT2D eigenvalue weighted by molar-refractivity contribution is 0.261. The molecule has 1 saturated heterocycles. The van der Waals surface area contributed by atoms with Crippen molar-refractivity contribution in [1.82, 2.24) is 14.6 Å². The highest BCUT2D eigenvalue weighted by molar-refractivity contribution is 7.89. The number of halogens is 1. The van der Waals surface area contributed by atoms with Crippen LogP contribution in [-0.2, 0) is 10.0 Å². The summed E-state index contributed by atoms with van der Waals surface area (Å²) in [6.07, 6.45) is 0. The van der Waals surface area contributed by atoms with Crippen LogP contribution in [0.2, 0.25) is 0 Å². The molecule has 1 aliphatic rings. The van der Waals surface area contributed by atoms with Crippen molar-refractivity contribution in [2.75, 3.05) is 44.2 Å². The van der Waals surface area contributed by atoms with E-state index in [0.29, 0.717) is 36.2 Å². The third-order valence-corrected chi connectivity index (χ3v) is 6.75. The van der Waals surface area contributed by atoms with Crippen LogP contribution < -0.4 is 15.2 Å². The highest BCUT2D eigenvalue weighted by atomic mass is 32.2. The summed E-state index contributed by atoms with van der Waals surface area (Å²) < 4.78 is 41.8. The van der Waals surface area contributed by atoms with Crippen LogP contribution in [0.5, 0.6) is 0 Å². The normalized spacial score (nSPS) is 15.6. The summed E-state index contributed by atoms with van der Waals surface area (Å²) in [6.45, 7) is 3.71. The van der Waals surface area contributed by atoms with Gasteiger partial charge in [-0.05, 0) is 41.8 Å². The first-order chi connectivity index (χ1) is 14.4. The molecule has 0 saturated carbocycles. The van der Waals surface area contributed by atoms with Crippen LogP contribution in [0.4, 0.5) is 10.1 Å². The van der Waals surface area contributed by atoms with Crippen molar-refractivity contribution in [2.45, 2.75) is 4.90 Å². The predicted molar refractivity (Wildman–Crippen MR) is 115 cm³/mol. The molecule has 2 heterocycles. The van der Waals surface area contributed by atoms with Gasteiger partial charge >= 0.3 is 0 Å². The van der Waals surface area contributed by atoms with Crippen LogP contribution in [0.25, 0.3) is 10.9 Å². The first-order valence-corrected chi connectivity index (χ1v) is 11.3. The minimum Gasteiger partial charge on any atom is -0.367 e. The maximum Gasteiger partial charge on any atom is 0.248 e. The van der Waals surface area contributed by atoms with E-state index in [1.165, 1.54) is 18.2 Å². The van der Waals surface area contributed by atoms with Crippen molar-refractivity contribution in [2.24, 2.45) is 0 Å². The molecule has 2 N–H and O–H groups in total. The van der Waals surface area contributed by atoms with Crippen LogP contribution in [0.15, 0.2) is 64.3 Å². The van der Waals surface area contributed by atoms with Gasteiger partial charge in [-0.1, -0.05) is 12.1 Å². The summed E-state index contributed by atoms with van der Waals surface area (Å²) in [5.74, 6) is -0.224. The van der Waals surface area contributed by atoms with Gasteiger partial charge in [-0.25, -0.2) is 17.5 Å². The summed E-state index contributed by atoms with van der Waals surface area (Å²) >= 11 is 0. The number of sulfonamides is 1. The average molecular weight is 431 g/mol. The zero-order valence-corrected chi connectivity index (χ0v) is 17.2. The fourth-order valence-corrected chi connectivity index (χ4v) is 4.70. The number of hydrogen-bond acceptors (Lipinski definition) is 5. The van der Waals surface area contributed by atoms with Crippen LogP contribution in [-0.4, -0.2) is 57.6 Å². The molecule has 0 unspecified atom stereocenters. The number of hydrogen-bond donors (Lipinski definition) is 2. The maximum atomic E-state index is 13.9. The Morgan fingerprint density at radius 1 is 1.00 bits per heavy atom. The lowest BCUT2D eigenvalue weighted by atomic mass is 10.2. The monoisotopic (exact) mass is 430 g/mol. The Hall–Kier alpha value is -2.75. The zero-order chi connectivity index (χ0) is 21.1. The fourth-order valence-electron chi connectivity index (χ4n) is 3.64. The third-order valence-electron chi connectivity index (χ3n) is 5.29. The molecule has 9 heteroatoms. The number of pyridine rings is 1. The van der Waals surface area contributed by atoms with Crippen LogP contribution >= 0.6 is 0 Å². The molecule has 158 valence electrons. The van der Waals surface area contributed by atoms with Crippen molar-refractivity contribution in [3.8, 4) is 0 Å². The Bertz CT molecular complexity index is 1200. The van der Waals surface area contributed by atoms with Gasteiger partial charge in [0.2, 0.25) is 15.6 Å². The molecule has 1 aliphatic heterocycles. The van der Waals surface area contributed by atoms with E-state index in [2.05, 4.69) is 14.6 Å². The van der Waals surface area contributed by atoms with Gasteiger partial charge in [0.25, 0.3) is 0 Å². The second-order valence-electron chi connectivity index (χ2n) is 7.25. The van der Waals surface area contributed by atoms with Crippen LogP contribution in [0, 0.1) is 5.82 Å². The van der Waals surface area contributed by atoms with E-state index in [0.717, 1.165) is 13.1 Å². The zero-order valence-electron chi connectivity index (χ0n) is 16.3. The van der Waals surface area contributed by atoms with Gasteiger partial charge in [-0.2, -0.15) is 0 Å². The van der Waals surface area contributed by atoms with Crippen LogP contribution in [0.3, 0.4) is 0 Å². The molecule has 30 heavy (non-hydrogen) atoms. The number of para-hydroxylation sites is 1. The topological polar surface area (TPSA) is 85.5 Å². The average Bonchev–Trinajstić information content (AvgIpc) is 2.74. The van der Waals surface area contributed by atoms with Crippen LogP contribution in [0.1, 0.15) is 0 Å². The number of piperazine rings is 1. The van der Waals surface area contributed by atoms with E-state index in [1.54, 1.807) is 30.3 Å². The first-order valence-electron chi connectivity index (χ1n) is 9.77. The Balaban J connectivity index is 1.31. The largest absolute Gasteiger partial charge is 0.367 e. The van der Waals surface area contributed by atoms with Gasteiger partial charge in [0.15, 0.2) is 0 Å². The van der Waals surface area contributed by atoms with Crippen molar-refractivity contribution < 1.29 is 12.8 Å². The second kappa shape index (κ2) is 8.55. The smallest absolute Gasteiger partial charge is 0.248 e. The number of nitrogens with one attached hydrogen (secondary N) is 2.